The molecule has 2 aromatic rings. The number of carbonyl (C=O) groups is 2. The predicted molar refractivity (Wildman–Crippen MR) is 80.6 cm³/mol. The molecule has 0 fully saturated rings. The van der Waals surface area contributed by atoms with Gasteiger partial charge in [0.05, 0.1) is 11.3 Å². The zero-order valence-electron chi connectivity index (χ0n) is 11.0. The third kappa shape index (κ3) is 4.09. The summed E-state index contributed by atoms with van der Waals surface area (Å²) >= 11 is 3.16. The molecule has 7 heteroatoms. The Morgan fingerprint density at radius 1 is 1.19 bits per heavy atom. The summed E-state index contributed by atoms with van der Waals surface area (Å²) in [6.45, 7) is 1.34. The second-order valence-corrected chi connectivity index (χ2v) is 5.01. The first-order valence-corrected chi connectivity index (χ1v) is 6.75. The summed E-state index contributed by atoms with van der Waals surface area (Å²) in [6, 6.07) is 7.09. The molecule has 0 atom stereocenters. The molecule has 0 aliphatic carbocycles. The summed E-state index contributed by atoms with van der Waals surface area (Å²) < 4.78 is 14.3. The zero-order chi connectivity index (χ0) is 15.4. The highest BCUT2D eigenvalue weighted by atomic mass is 79.9. The first kappa shape index (κ1) is 15.1. The van der Waals surface area contributed by atoms with Gasteiger partial charge in [-0.2, -0.15) is 0 Å². The van der Waals surface area contributed by atoms with Crippen LogP contribution < -0.4 is 10.6 Å². The maximum Gasteiger partial charge on any atom is 0.257 e. The number of nitrogens with zero attached hydrogens (tertiary/aromatic N) is 1. The van der Waals surface area contributed by atoms with E-state index in [1.165, 1.54) is 31.3 Å². The van der Waals surface area contributed by atoms with Crippen LogP contribution in [-0.4, -0.2) is 16.8 Å². The highest BCUT2D eigenvalue weighted by Gasteiger charge is 2.11. The van der Waals surface area contributed by atoms with E-state index in [1.807, 2.05) is 0 Å². The van der Waals surface area contributed by atoms with E-state index in [0.29, 0.717) is 15.9 Å². The van der Waals surface area contributed by atoms with E-state index in [1.54, 1.807) is 12.1 Å². The van der Waals surface area contributed by atoms with Gasteiger partial charge in [-0.3, -0.25) is 9.59 Å². The molecule has 21 heavy (non-hydrogen) atoms. The van der Waals surface area contributed by atoms with Gasteiger partial charge in [-0.15, -0.1) is 0 Å². The Balaban J connectivity index is 2.20. The van der Waals surface area contributed by atoms with Crippen LogP contribution in [-0.2, 0) is 4.79 Å². The average molecular weight is 352 g/mol. The third-order valence-electron chi connectivity index (χ3n) is 2.52. The fraction of sp³-hybridized carbons (Fsp3) is 0.0714. The van der Waals surface area contributed by atoms with Crippen LogP contribution in [0, 0.1) is 5.82 Å². The number of nitrogens with one attached hydrogen (secondary N) is 2. The Kier molecular flexibility index (Phi) is 4.64. The largest absolute Gasteiger partial charge is 0.326 e. The zero-order valence-corrected chi connectivity index (χ0v) is 12.6. The molecule has 2 rings (SSSR count). The van der Waals surface area contributed by atoms with Gasteiger partial charge in [-0.1, -0.05) is 0 Å². The van der Waals surface area contributed by atoms with Crippen molar-refractivity contribution < 1.29 is 14.0 Å². The monoisotopic (exact) mass is 351 g/mol. The number of halogens is 2. The van der Waals surface area contributed by atoms with Crippen LogP contribution >= 0.6 is 15.9 Å². The Morgan fingerprint density at radius 3 is 2.57 bits per heavy atom. The van der Waals surface area contributed by atoms with E-state index < -0.39 is 11.7 Å². The molecular weight excluding hydrogens is 341 g/mol. The van der Waals surface area contributed by atoms with Crippen LogP contribution in [0.3, 0.4) is 0 Å². The molecule has 0 saturated carbocycles. The summed E-state index contributed by atoms with van der Waals surface area (Å²) in [5.74, 6) is -1.37. The molecule has 0 aliphatic rings. The first-order chi connectivity index (χ1) is 9.95. The minimum atomic E-state index is -0.595. The van der Waals surface area contributed by atoms with Gasteiger partial charge in [0.1, 0.15) is 10.4 Å². The van der Waals surface area contributed by atoms with Gasteiger partial charge in [0.25, 0.3) is 5.91 Å². The number of carbonyl (C=O) groups excluding carboxylic acids is 2. The number of benzene rings is 1. The first-order valence-electron chi connectivity index (χ1n) is 5.96. The normalized spacial score (nSPS) is 10.0. The van der Waals surface area contributed by atoms with Gasteiger partial charge in [0.2, 0.25) is 5.91 Å². The Hall–Kier alpha value is -2.28. The molecular formula is C14H11BrFN3O2. The maximum absolute atomic E-state index is 13.7. The number of rotatable bonds is 3. The van der Waals surface area contributed by atoms with Crippen LogP contribution in [0.1, 0.15) is 17.3 Å². The predicted octanol–water partition coefficient (Wildman–Crippen LogP) is 3.19. The Bertz CT molecular complexity index is 689. The number of hydrogen-bond acceptors (Lipinski definition) is 3. The molecule has 5 nitrogen and oxygen atoms in total. The van der Waals surface area contributed by atoms with Gasteiger partial charge in [0.15, 0.2) is 0 Å². The molecule has 108 valence electrons. The molecule has 0 radical (unpaired) electrons. The Morgan fingerprint density at radius 2 is 1.95 bits per heavy atom. The lowest BCUT2D eigenvalue weighted by Gasteiger charge is -2.09. The maximum atomic E-state index is 13.7. The number of aromatic nitrogens is 1. The van der Waals surface area contributed by atoms with Crippen molar-refractivity contribution in [3.63, 3.8) is 0 Å². The van der Waals surface area contributed by atoms with Crippen LogP contribution in [0.15, 0.2) is 41.1 Å². The summed E-state index contributed by atoms with van der Waals surface area (Å²) in [4.78, 5) is 26.9. The van der Waals surface area contributed by atoms with Crippen molar-refractivity contribution in [1.29, 1.82) is 0 Å². The number of hydrogen-bond donors (Lipinski definition) is 2. The quantitative estimate of drug-likeness (QED) is 0.834. The van der Waals surface area contributed by atoms with Gasteiger partial charge in [0, 0.05) is 18.8 Å². The average Bonchev–Trinajstić information content (AvgIpc) is 2.42. The fourth-order valence-corrected chi connectivity index (χ4v) is 1.84. The summed E-state index contributed by atoms with van der Waals surface area (Å²) in [5.41, 5.74) is 0.671. The van der Waals surface area contributed by atoms with Gasteiger partial charge < -0.3 is 10.6 Å². The number of pyridine rings is 1. The van der Waals surface area contributed by atoms with Crippen molar-refractivity contribution >= 4 is 39.1 Å². The van der Waals surface area contributed by atoms with E-state index in [-0.39, 0.29) is 11.6 Å². The molecule has 0 saturated heterocycles. The van der Waals surface area contributed by atoms with Crippen molar-refractivity contribution in [3.8, 4) is 0 Å². The van der Waals surface area contributed by atoms with Crippen LogP contribution in [0.5, 0.6) is 0 Å². The van der Waals surface area contributed by atoms with Gasteiger partial charge >= 0.3 is 0 Å². The van der Waals surface area contributed by atoms with Crippen LogP contribution in [0.25, 0.3) is 0 Å². The van der Waals surface area contributed by atoms with Crippen molar-refractivity contribution in [2.24, 2.45) is 0 Å². The molecule has 2 amide bonds. The molecule has 1 aromatic heterocycles. The van der Waals surface area contributed by atoms with E-state index in [0.717, 1.165) is 0 Å². The van der Waals surface area contributed by atoms with E-state index >= 15 is 0 Å². The standard InChI is InChI=1S/C14H11BrFN3O2/c1-8(20)18-10-3-4-11(16)12(6-10)19-14(21)9-2-5-13(15)17-7-9/h2-7H,1H3,(H,18,20)(H,19,21). The summed E-state index contributed by atoms with van der Waals surface area (Å²) in [7, 11) is 0. The topological polar surface area (TPSA) is 71.1 Å². The lowest BCUT2D eigenvalue weighted by Crippen LogP contribution is -2.14. The molecule has 1 aromatic carbocycles. The molecule has 0 unspecified atom stereocenters. The van der Waals surface area contributed by atoms with E-state index in [2.05, 4.69) is 31.5 Å². The van der Waals surface area contributed by atoms with Gasteiger partial charge in [-0.25, -0.2) is 9.37 Å². The minimum Gasteiger partial charge on any atom is -0.326 e. The second kappa shape index (κ2) is 6.45. The van der Waals surface area contributed by atoms with Crippen molar-refractivity contribution in [2.45, 2.75) is 6.92 Å². The van der Waals surface area contributed by atoms with Gasteiger partial charge in [-0.05, 0) is 46.3 Å². The lowest BCUT2D eigenvalue weighted by molar-refractivity contribution is -0.114. The molecule has 1 heterocycles. The molecule has 0 aliphatic heterocycles. The van der Waals surface area contributed by atoms with Crippen LogP contribution in [0.4, 0.5) is 15.8 Å². The third-order valence-corrected chi connectivity index (χ3v) is 2.99. The molecule has 0 spiro atoms. The molecule has 0 bridgehead atoms. The molecule has 2 N–H and O–H groups in total. The SMILES string of the molecule is CC(=O)Nc1ccc(F)c(NC(=O)c2ccc(Br)nc2)c1. The Labute approximate surface area is 128 Å². The second-order valence-electron chi connectivity index (χ2n) is 4.20. The highest BCUT2D eigenvalue weighted by molar-refractivity contribution is 9.10. The summed E-state index contributed by atoms with van der Waals surface area (Å²) in [6.07, 6.45) is 1.37. The fourth-order valence-electron chi connectivity index (χ4n) is 1.61. The minimum absolute atomic E-state index is 0.0193. The van der Waals surface area contributed by atoms with Crippen LogP contribution in [0.2, 0.25) is 0 Å². The van der Waals surface area contributed by atoms with Crippen molar-refractivity contribution in [3.05, 3.63) is 52.5 Å². The number of amides is 2. The van der Waals surface area contributed by atoms with E-state index in [9.17, 15) is 14.0 Å². The summed E-state index contributed by atoms with van der Waals surface area (Å²) in [5, 5.41) is 4.96. The smallest absolute Gasteiger partial charge is 0.257 e. The highest BCUT2D eigenvalue weighted by Crippen LogP contribution is 2.20. The van der Waals surface area contributed by atoms with E-state index in [4.69, 9.17) is 0 Å². The lowest BCUT2D eigenvalue weighted by atomic mass is 10.2. The van der Waals surface area contributed by atoms with Crippen molar-refractivity contribution in [1.82, 2.24) is 4.98 Å². The van der Waals surface area contributed by atoms with Crippen molar-refractivity contribution in [2.75, 3.05) is 10.6 Å². The number of anilines is 2.